The molecule has 122 valence electrons. The van der Waals surface area contributed by atoms with Crippen LogP contribution < -0.4 is 17.2 Å². The van der Waals surface area contributed by atoms with E-state index >= 15 is 0 Å². The van der Waals surface area contributed by atoms with Gasteiger partial charge in [-0.1, -0.05) is 20.8 Å². The summed E-state index contributed by atoms with van der Waals surface area (Å²) in [5, 5.41) is 0. The van der Waals surface area contributed by atoms with Crippen LogP contribution in [0.3, 0.4) is 0 Å². The van der Waals surface area contributed by atoms with Crippen molar-refractivity contribution in [3.63, 3.8) is 0 Å². The quantitative estimate of drug-likeness (QED) is 0.483. The third kappa shape index (κ3) is 7.58. The number of hydrogen-bond donors (Lipinski definition) is 3. The van der Waals surface area contributed by atoms with Gasteiger partial charge in [0.25, 0.3) is 0 Å². The largest absolute Gasteiger partial charge is 0.330 e. The molecule has 0 aromatic carbocycles. The molecule has 6 N–H and O–H groups in total. The fourth-order valence-corrected chi connectivity index (χ4v) is 3.00. The maximum absolute atomic E-state index is 5.79. The first kappa shape index (κ1) is 19.8. The summed E-state index contributed by atoms with van der Waals surface area (Å²) in [5.74, 6) is 0.626. The fraction of sp³-hybridized carbons (Fsp3) is 1.00. The molecule has 0 rings (SSSR count). The molecule has 0 aromatic heterocycles. The maximum Gasteiger partial charge on any atom is 0.0108 e. The van der Waals surface area contributed by atoms with E-state index in [0.29, 0.717) is 18.0 Å². The van der Waals surface area contributed by atoms with Crippen molar-refractivity contribution in [3.05, 3.63) is 0 Å². The second kappa shape index (κ2) is 12.6. The number of nitrogens with zero attached hydrogens (tertiary/aromatic N) is 1. The van der Waals surface area contributed by atoms with Crippen LogP contribution in [0.2, 0.25) is 0 Å². The standard InChI is InChI=1S/C16H38N4/c1-4-15(8-10-17)20(16(5-2)9-11-18)12-6-7-14(3)13-19/h14-16H,4-13,17-19H2,1-3H3. The van der Waals surface area contributed by atoms with Crippen molar-refractivity contribution in [2.75, 3.05) is 26.2 Å². The summed E-state index contributed by atoms with van der Waals surface area (Å²) in [7, 11) is 0. The molecule has 20 heavy (non-hydrogen) atoms. The van der Waals surface area contributed by atoms with Crippen LogP contribution in [0.1, 0.15) is 59.3 Å². The molecule has 0 aromatic rings. The third-order valence-electron chi connectivity index (χ3n) is 4.40. The molecule has 4 heteroatoms. The van der Waals surface area contributed by atoms with E-state index in [2.05, 4.69) is 25.7 Å². The third-order valence-corrected chi connectivity index (χ3v) is 4.40. The van der Waals surface area contributed by atoms with Gasteiger partial charge >= 0.3 is 0 Å². The zero-order valence-corrected chi connectivity index (χ0v) is 14.0. The zero-order valence-electron chi connectivity index (χ0n) is 14.0. The Morgan fingerprint density at radius 2 is 1.35 bits per heavy atom. The first-order chi connectivity index (χ1) is 9.64. The van der Waals surface area contributed by atoms with Crippen LogP contribution in [0.15, 0.2) is 0 Å². The Labute approximate surface area is 126 Å². The Morgan fingerprint density at radius 1 is 0.850 bits per heavy atom. The van der Waals surface area contributed by atoms with Gasteiger partial charge in [0.2, 0.25) is 0 Å². The minimum absolute atomic E-state index is 0.602. The Kier molecular flexibility index (Phi) is 12.5. The van der Waals surface area contributed by atoms with E-state index in [4.69, 9.17) is 17.2 Å². The van der Waals surface area contributed by atoms with Gasteiger partial charge in [0.15, 0.2) is 0 Å². The van der Waals surface area contributed by atoms with Crippen molar-refractivity contribution in [2.24, 2.45) is 23.1 Å². The Morgan fingerprint density at radius 3 is 1.70 bits per heavy atom. The topological polar surface area (TPSA) is 81.3 Å². The highest BCUT2D eigenvalue weighted by atomic mass is 15.2. The van der Waals surface area contributed by atoms with E-state index in [1.807, 2.05) is 0 Å². The van der Waals surface area contributed by atoms with E-state index < -0.39 is 0 Å². The van der Waals surface area contributed by atoms with Crippen LogP contribution in [-0.2, 0) is 0 Å². The molecule has 0 radical (unpaired) electrons. The average molecular weight is 287 g/mol. The summed E-state index contributed by atoms with van der Waals surface area (Å²) >= 11 is 0. The van der Waals surface area contributed by atoms with Crippen molar-refractivity contribution >= 4 is 0 Å². The van der Waals surface area contributed by atoms with Gasteiger partial charge in [-0.2, -0.15) is 0 Å². The molecule has 0 fully saturated rings. The first-order valence-electron chi connectivity index (χ1n) is 8.50. The normalized spacial score (nSPS) is 16.4. The second-order valence-corrected chi connectivity index (χ2v) is 6.00. The van der Waals surface area contributed by atoms with Gasteiger partial charge in [0.1, 0.15) is 0 Å². The summed E-state index contributed by atoms with van der Waals surface area (Å²) in [6.07, 6.45) is 6.95. The average Bonchev–Trinajstić information content (AvgIpc) is 2.47. The molecule has 0 spiro atoms. The molecule has 3 unspecified atom stereocenters. The predicted molar refractivity (Wildman–Crippen MR) is 89.7 cm³/mol. The summed E-state index contributed by atoms with van der Waals surface area (Å²) < 4.78 is 0. The molecule has 0 saturated heterocycles. The van der Waals surface area contributed by atoms with E-state index in [1.165, 1.54) is 25.7 Å². The molecular weight excluding hydrogens is 248 g/mol. The van der Waals surface area contributed by atoms with Gasteiger partial charge in [0.05, 0.1) is 0 Å². The number of hydrogen-bond acceptors (Lipinski definition) is 4. The van der Waals surface area contributed by atoms with Crippen molar-refractivity contribution in [3.8, 4) is 0 Å². The molecule has 0 heterocycles. The molecule has 0 aliphatic heterocycles. The Bertz CT molecular complexity index is 197. The van der Waals surface area contributed by atoms with Gasteiger partial charge < -0.3 is 17.2 Å². The monoisotopic (exact) mass is 286 g/mol. The lowest BCUT2D eigenvalue weighted by molar-refractivity contribution is 0.111. The van der Waals surface area contributed by atoms with E-state index in [0.717, 1.165) is 39.0 Å². The van der Waals surface area contributed by atoms with Crippen LogP contribution >= 0.6 is 0 Å². The first-order valence-corrected chi connectivity index (χ1v) is 8.50. The van der Waals surface area contributed by atoms with Gasteiger partial charge in [0, 0.05) is 12.1 Å². The van der Waals surface area contributed by atoms with Gasteiger partial charge in [-0.15, -0.1) is 0 Å². The summed E-state index contributed by atoms with van der Waals surface area (Å²) in [6, 6.07) is 1.20. The Hall–Kier alpha value is -0.160. The smallest absolute Gasteiger partial charge is 0.0108 e. The lowest BCUT2D eigenvalue weighted by atomic mass is 10.00. The molecule has 0 amide bonds. The maximum atomic E-state index is 5.79. The second-order valence-electron chi connectivity index (χ2n) is 6.00. The van der Waals surface area contributed by atoms with E-state index in [-0.39, 0.29) is 0 Å². The summed E-state index contributed by atoms with van der Waals surface area (Å²) in [4.78, 5) is 2.67. The lowest BCUT2D eigenvalue weighted by Gasteiger charge is -2.38. The van der Waals surface area contributed by atoms with Crippen LogP contribution in [-0.4, -0.2) is 43.2 Å². The molecular formula is C16H38N4. The molecule has 3 atom stereocenters. The van der Waals surface area contributed by atoms with Crippen LogP contribution in [0.5, 0.6) is 0 Å². The van der Waals surface area contributed by atoms with Gasteiger partial charge in [-0.3, -0.25) is 4.90 Å². The van der Waals surface area contributed by atoms with E-state index in [1.54, 1.807) is 0 Å². The fourth-order valence-electron chi connectivity index (χ4n) is 3.00. The van der Waals surface area contributed by atoms with Crippen molar-refractivity contribution < 1.29 is 0 Å². The van der Waals surface area contributed by atoms with Crippen LogP contribution in [0.25, 0.3) is 0 Å². The predicted octanol–water partition coefficient (Wildman–Crippen LogP) is 1.92. The number of nitrogens with two attached hydrogens (primary N) is 3. The molecule has 0 aliphatic rings. The Balaban J connectivity index is 4.58. The zero-order chi connectivity index (χ0) is 15.4. The minimum atomic E-state index is 0.602. The molecule has 0 aliphatic carbocycles. The lowest BCUT2D eigenvalue weighted by Crippen LogP contribution is -2.45. The number of rotatable bonds is 13. The minimum Gasteiger partial charge on any atom is -0.330 e. The van der Waals surface area contributed by atoms with Crippen molar-refractivity contribution in [2.45, 2.75) is 71.4 Å². The summed E-state index contributed by atoms with van der Waals surface area (Å²) in [6.45, 7) is 10.3. The summed E-state index contributed by atoms with van der Waals surface area (Å²) in [5.41, 5.74) is 17.3. The molecule has 4 nitrogen and oxygen atoms in total. The molecule has 0 saturated carbocycles. The van der Waals surface area contributed by atoms with Gasteiger partial charge in [-0.05, 0) is 70.6 Å². The SMILES string of the molecule is CCC(CCN)N(CCCC(C)CN)C(CC)CCN. The van der Waals surface area contributed by atoms with Gasteiger partial charge in [-0.25, -0.2) is 0 Å². The van der Waals surface area contributed by atoms with Crippen molar-refractivity contribution in [1.29, 1.82) is 0 Å². The highest BCUT2D eigenvalue weighted by Gasteiger charge is 2.23. The van der Waals surface area contributed by atoms with Crippen LogP contribution in [0.4, 0.5) is 0 Å². The van der Waals surface area contributed by atoms with Crippen molar-refractivity contribution in [1.82, 2.24) is 4.90 Å². The van der Waals surface area contributed by atoms with E-state index in [9.17, 15) is 0 Å². The highest BCUT2D eigenvalue weighted by molar-refractivity contribution is 4.79. The molecule has 0 bridgehead atoms. The highest BCUT2D eigenvalue weighted by Crippen LogP contribution is 2.19. The van der Waals surface area contributed by atoms with Crippen LogP contribution in [0, 0.1) is 5.92 Å².